The predicted octanol–water partition coefficient (Wildman–Crippen LogP) is 3.98. The molecule has 0 saturated heterocycles. The van der Waals surface area contributed by atoms with Crippen LogP contribution in [0.4, 0.5) is 0 Å². The Morgan fingerprint density at radius 3 is 2.52 bits per heavy atom. The van der Waals surface area contributed by atoms with Crippen LogP contribution >= 0.6 is 11.3 Å². The van der Waals surface area contributed by atoms with Crippen LogP contribution in [0, 0.1) is 6.92 Å². The largest absolute Gasteiger partial charge is 0.268 e. The molecule has 25 heavy (non-hydrogen) atoms. The van der Waals surface area contributed by atoms with Crippen molar-refractivity contribution in [1.82, 2.24) is 14.5 Å². The minimum absolute atomic E-state index is 0.0831. The Labute approximate surface area is 152 Å². The van der Waals surface area contributed by atoms with Crippen molar-refractivity contribution in [3.8, 4) is 10.6 Å². The first-order valence-corrected chi connectivity index (χ1v) is 10.4. The third kappa shape index (κ3) is 4.00. The molecule has 0 spiro atoms. The zero-order valence-corrected chi connectivity index (χ0v) is 16.1. The number of hydrogen-bond acceptors (Lipinski definition) is 4. The average molecular weight is 376 g/mol. The maximum atomic E-state index is 12.9. The molecule has 0 radical (unpaired) electrons. The van der Waals surface area contributed by atoms with Crippen LogP contribution in [0.25, 0.3) is 10.6 Å². The molecule has 3 aromatic rings. The zero-order chi connectivity index (χ0) is 18.0. The third-order valence-electron chi connectivity index (χ3n) is 3.86. The molecule has 0 unspecified atom stereocenters. The van der Waals surface area contributed by atoms with Gasteiger partial charge < -0.3 is 0 Å². The Morgan fingerprint density at radius 1 is 1.20 bits per heavy atom. The molecule has 5 nitrogen and oxygen atoms in total. The van der Waals surface area contributed by atoms with Crippen LogP contribution in [-0.2, 0) is 16.6 Å². The second-order valence-electron chi connectivity index (χ2n) is 6.20. The van der Waals surface area contributed by atoms with Gasteiger partial charge in [-0.05, 0) is 37.8 Å². The Hall–Kier alpha value is -1.96. The van der Waals surface area contributed by atoms with Gasteiger partial charge in [-0.25, -0.2) is 13.1 Å². The third-order valence-corrected chi connectivity index (χ3v) is 6.14. The fourth-order valence-electron chi connectivity index (χ4n) is 2.38. The highest BCUT2D eigenvalue weighted by Gasteiger charge is 2.24. The van der Waals surface area contributed by atoms with Crippen molar-refractivity contribution in [3.63, 3.8) is 0 Å². The Kier molecular flexibility index (Phi) is 5.08. The lowest BCUT2D eigenvalue weighted by molar-refractivity contribution is 0.532. The van der Waals surface area contributed by atoms with E-state index in [9.17, 15) is 8.42 Å². The van der Waals surface area contributed by atoms with E-state index < -0.39 is 10.0 Å². The molecule has 1 aromatic carbocycles. The maximum Gasteiger partial charge on any atom is 0.244 e. The van der Waals surface area contributed by atoms with E-state index in [4.69, 9.17) is 0 Å². The van der Waals surface area contributed by atoms with Crippen LogP contribution in [0.3, 0.4) is 0 Å². The first-order valence-electron chi connectivity index (χ1n) is 8.05. The number of aromatic nitrogens is 2. The average Bonchev–Trinajstić information content (AvgIpc) is 3.23. The molecule has 3 rings (SSSR count). The van der Waals surface area contributed by atoms with Crippen LogP contribution in [0.5, 0.6) is 0 Å². The number of nitrogens with zero attached hydrogens (tertiary/aromatic N) is 2. The number of hydrogen-bond donors (Lipinski definition) is 1. The van der Waals surface area contributed by atoms with Crippen LogP contribution in [0.2, 0.25) is 0 Å². The van der Waals surface area contributed by atoms with Gasteiger partial charge in [-0.15, -0.1) is 11.3 Å². The molecular formula is C18H21N3O2S2. The summed E-state index contributed by atoms with van der Waals surface area (Å²) in [5.74, 6) is 0. The molecule has 132 valence electrons. The highest BCUT2D eigenvalue weighted by Crippen LogP contribution is 2.30. The van der Waals surface area contributed by atoms with Gasteiger partial charge in [0.25, 0.3) is 0 Å². The summed E-state index contributed by atoms with van der Waals surface area (Å²) in [5, 5.41) is 6.41. The summed E-state index contributed by atoms with van der Waals surface area (Å²) in [5.41, 5.74) is 2.56. The van der Waals surface area contributed by atoms with Gasteiger partial charge in [0.05, 0.1) is 4.88 Å². The highest BCUT2D eigenvalue weighted by molar-refractivity contribution is 7.89. The fourth-order valence-corrected chi connectivity index (χ4v) is 4.33. The summed E-state index contributed by atoms with van der Waals surface area (Å²) in [4.78, 5) is 1.06. The van der Waals surface area contributed by atoms with E-state index in [0.29, 0.717) is 5.69 Å². The van der Waals surface area contributed by atoms with E-state index in [1.54, 1.807) is 10.9 Å². The molecule has 7 heteroatoms. The van der Waals surface area contributed by atoms with E-state index in [1.807, 2.05) is 62.5 Å². The van der Waals surface area contributed by atoms with Crippen molar-refractivity contribution in [2.24, 2.45) is 0 Å². The summed E-state index contributed by atoms with van der Waals surface area (Å²) < 4.78 is 30.1. The first kappa shape index (κ1) is 17.8. The minimum atomic E-state index is -3.66. The molecule has 0 aliphatic rings. The molecule has 2 heterocycles. The quantitative estimate of drug-likeness (QED) is 0.709. The highest BCUT2D eigenvalue weighted by atomic mass is 32.2. The van der Waals surface area contributed by atoms with Crippen molar-refractivity contribution in [3.05, 3.63) is 59.1 Å². The molecule has 0 aliphatic heterocycles. The van der Waals surface area contributed by atoms with Crippen molar-refractivity contribution < 1.29 is 8.42 Å². The fraction of sp³-hybridized carbons (Fsp3) is 0.278. The van der Waals surface area contributed by atoms with E-state index in [1.165, 1.54) is 11.3 Å². The first-order chi connectivity index (χ1) is 11.9. The van der Waals surface area contributed by atoms with Gasteiger partial charge in [-0.1, -0.05) is 35.9 Å². The SMILES string of the molecule is Cc1ccc(CNS(=O)(=O)c2cn(C(C)C)nc2-c2cccs2)cc1. The molecule has 0 saturated carbocycles. The summed E-state index contributed by atoms with van der Waals surface area (Å²) >= 11 is 1.48. The maximum absolute atomic E-state index is 12.9. The van der Waals surface area contributed by atoms with E-state index in [-0.39, 0.29) is 17.5 Å². The second-order valence-corrected chi connectivity index (χ2v) is 8.89. The number of benzene rings is 1. The van der Waals surface area contributed by atoms with E-state index in [2.05, 4.69) is 9.82 Å². The smallest absolute Gasteiger partial charge is 0.244 e. The second kappa shape index (κ2) is 7.11. The van der Waals surface area contributed by atoms with Gasteiger partial charge in [0.2, 0.25) is 10.0 Å². The predicted molar refractivity (Wildman–Crippen MR) is 101 cm³/mol. The molecule has 0 amide bonds. The number of nitrogens with one attached hydrogen (secondary N) is 1. The number of aryl methyl sites for hydroxylation is 1. The van der Waals surface area contributed by atoms with Crippen LogP contribution in [0.15, 0.2) is 52.9 Å². The van der Waals surface area contributed by atoms with Gasteiger partial charge in [-0.2, -0.15) is 5.10 Å². The molecule has 2 aromatic heterocycles. The number of rotatable bonds is 6. The number of sulfonamides is 1. The number of thiophene rings is 1. The molecule has 0 atom stereocenters. The normalized spacial score (nSPS) is 12.0. The van der Waals surface area contributed by atoms with Gasteiger partial charge in [0.1, 0.15) is 10.6 Å². The molecule has 0 fully saturated rings. The molecule has 0 aliphatic carbocycles. The minimum Gasteiger partial charge on any atom is -0.268 e. The van der Waals surface area contributed by atoms with E-state index in [0.717, 1.165) is 16.0 Å². The monoisotopic (exact) mass is 375 g/mol. The van der Waals surface area contributed by atoms with Gasteiger partial charge in [0, 0.05) is 18.8 Å². The Morgan fingerprint density at radius 2 is 1.92 bits per heavy atom. The van der Waals surface area contributed by atoms with Crippen molar-refractivity contribution in [2.45, 2.75) is 38.3 Å². The molecular weight excluding hydrogens is 354 g/mol. The lowest BCUT2D eigenvalue weighted by Crippen LogP contribution is -2.23. The van der Waals surface area contributed by atoms with E-state index >= 15 is 0 Å². The topological polar surface area (TPSA) is 64.0 Å². The van der Waals surface area contributed by atoms with Gasteiger partial charge in [-0.3, -0.25) is 4.68 Å². The van der Waals surface area contributed by atoms with Gasteiger partial charge >= 0.3 is 0 Å². The Balaban J connectivity index is 1.92. The molecule has 1 N–H and O–H groups in total. The summed E-state index contributed by atoms with van der Waals surface area (Å²) in [6, 6.07) is 11.7. The zero-order valence-electron chi connectivity index (χ0n) is 14.4. The van der Waals surface area contributed by atoms with Crippen molar-refractivity contribution in [1.29, 1.82) is 0 Å². The lowest BCUT2D eigenvalue weighted by Gasteiger charge is -2.07. The van der Waals surface area contributed by atoms with Crippen molar-refractivity contribution in [2.75, 3.05) is 0 Å². The van der Waals surface area contributed by atoms with Gasteiger partial charge in [0.15, 0.2) is 0 Å². The Bertz CT molecular complexity index is 941. The molecule has 0 bridgehead atoms. The lowest BCUT2D eigenvalue weighted by atomic mass is 10.2. The van der Waals surface area contributed by atoms with Crippen molar-refractivity contribution >= 4 is 21.4 Å². The summed E-state index contributed by atoms with van der Waals surface area (Å²) in [6.07, 6.45) is 1.61. The van der Waals surface area contributed by atoms with Crippen LogP contribution in [-0.4, -0.2) is 18.2 Å². The van der Waals surface area contributed by atoms with Crippen LogP contribution < -0.4 is 4.72 Å². The summed E-state index contributed by atoms with van der Waals surface area (Å²) in [6.45, 7) is 6.20. The van der Waals surface area contributed by atoms with Crippen LogP contribution in [0.1, 0.15) is 31.0 Å². The summed E-state index contributed by atoms with van der Waals surface area (Å²) in [7, 11) is -3.66. The standard InChI is InChI=1S/C18H21N3O2S2/c1-13(2)21-12-17(18(20-21)16-5-4-10-24-16)25(22,23)19-11-15-8-6-14(3)7-9-15/h4-10,12-13,19H,11H2,1-3H3.